The van der Waals surface area contributed by atoms with Crippen LogP contribution in [0.2, 0.25) is 0 Å². The number of hydrogen-bond donors (Lipinski definition) is 2. The zero-order valence-corrected chi connectivity index (χ0v) is 15.2. The number of nitrogens with zero attached hydrogens (tertiary/aromatic N) is 2. The second-order valence-corrected chi connectivity index (χ2v) is 7.58. The van der Waals surface area contributed by atoms with Gasteiger partial charge in [0.05, 0.1) is 5.69 Å². The Hall–Kier alpha value is -3.45. The first-order valence-corrected chi connectivity index (χ1v) is 9.64. The molecule has 0 unspecified atom stereocenters. The second kappa shape index (κ2) is 7.84. The van der Waals surface area contributed by atoms with E-state index in [1.54, 1.807) is 30.3 Å². The minimum atomic E-state index is -3.76. The summed E-state index contributed by atoms with van der Waals surface area (Å²) in [6.07, 6.45) is 1.53. The number of nitrogens with two attached hydrogens (primary N) is 2. The van der Waals surface area contributed by atoms with E-state index in [0.717, 1.165) is 11.0 Å². The van der Waals surface area contributed by atoms with Crippen LogP contribution in [0.5, 0.6) is 0 Å². The molecular weight excluding hydrogens is 360 g/mol. The van der Waals surface area contributed by atoms with Gasteiger partial charge in [0, 0.05) is 16.8 Å². The molecule has 0 heterocycles. The van der Waals surface area contributed by atoms with Crippen LogP contribution < -0.4 is 11.5 Å². The van der Waals surface area contributed by atoms with Crippen LogP contribution in [0.3, 0.4) is 0 Å². The maximum Gasteiger partial charge on any atom is 0.202 e. The Balaban J connectivity index is 1.95. The number of rotatable bonds is 5. The third-order valence-corrected chi connectivity index (χ3v) is 5.13. The van der Waals surface area contributed by atoms with Crippen LogP contribution in [-0.4, -0.2) is 8.42 Å². The van der Waals surface area contributed by atoms with Gasteiger partial charge in [-0.3, -0.25) is 0 Å². The number of azo groups is 1. The van der Waals surface area contributed by atoms with E-state index in [1.165, 1.54) is 18.2 Å². The van der Waals surface area contributed by atoms with Crippen LogP contribution in [0.25, 0.3) is 6.08 Å². The molecule has 0 aliphatic rings. The molecule has 3 aromatic carbocycles. The molecular formula is C20H18N4O2S. The van der Waals surface area contributed by atoms with Gasteiger partial charge in [-0.15, -0.1) is 5.11 Å². The fourth-order valence-electron chi connectivity index (χ4n) is 2.30. The maximum absolute atomic E-state index is 12.8. The molecule has 136 valence electrons. The first kappa shape index (κ1) is 18.3. The van der Waals surface area contributed by atoms with Crippen molar-refractivity contribution in [1.82, 2.24) is 0 Å². The van der Waals surface area contributed by atoms with Crippen molar-refractivity contribution in [2.24, 2.45) is 10.2 Å². The molecule has 0 saturated heterocycles. The molecule has 27 heavy (non-hydrogen) atoms. The molecule has 3 aromatic rings. The molecule has 0 aliphatic carbocycles. The van der Waals surface area contributed by atoms with E-state index in [1.807, 2.05) is 30.3 Å². The summed E-state index contributed by atoms with van der Waals surface area (Å²) in [7, 11) is -3.76. The van der Waals surface area contributed by atoms with Gasteiger partial charge in [-0.25, -0.2) is 8.42 Å². The Labute approximate surface area is 157 Å². The standard InChI is InChI=1S/C20H18N4O2S/c21-16-6-9-18(10-7-16)23-24-19-11-8-17(22)14-20(19)27(25,26)13-12-15-4-2-1-3-5-15/h1-14H,21-22H2. The third-order valence-electron chi connectivity index (χ3n) is 3.70. The molecule has 0 aliphatic heterocycles. The smallest absolute Gasteiger partial charge is 0.202 e. The highest BCUT2D eigenvalue weighted by Crippen LogP contribution is 2.30. The van der Waals surface area contributed by atoms with Gasteiger partial charge in [-0.1, -0.05) is 30.3 Å². The van der Waals surface area contributed by atoms with Crippen molar-refractivity contribution in [1.29, 1.82) is 0 Å². The Morgan fingerprint density at radius 2 is 1.44 bits per heavy atom. The lowest BCUT2D eigenvalue weighted by molar-refractivity contribution is 0.605. The van der Waals surface area contributed by atoms with E-state index >= 15 is 0 Å². The van der Waals surface area contributed by atoms with Crippen LogP contribution in [0.15, 0.2) is 93.3 Å². The lowest BCUT2D eigenvalue weighted by atomic mass is 10.2. The van der Waals surface area contributed by atoms with E-state index < -0.39 is 9.84 Å². The third kappa shape index (κ3) is 4.80. The van der Waals surface area contributed by atoms with Gasteiger partial charge >= 0.3 is 0 Å². The lowest BCUT2D eigenvalue weighted by Gasteiger charge is -2.05. The van der Waals surface area contributed by atoms with Gasteiger partial charge in [-0.05, 0) is 54.1 Å². The topological polar surface area (TPSA) is 111 Å². The molecule has 0 radical (unpaired) electrons. The number of sulfone groups is 1. The number of hydrogen-bond acceptors (Lipinski definition) is 6. The maximum atomic E-state index is 12.8. The summed E-state index contributed by atoms with van der Waals surface area (Å²) < 4.78 is 25.5. The average molecular weight is 378 g/mol. The van der Waals surface area contributed by atoms with Crippen molar-refractivity contribution in [3.63, 3.8) is 0 Å². The van der Waals surface area contributed by atoms with Gasteiger partial charge in [0.1, 0.15) is 10.6 Å². The van der Waals surface area contributed by atoms with Gasteiger partial charge in [-0.2, -0.15) is 5.11 Å². The molecule has 6 nitrogen and oxygen atoms in total. The molecule has 0 aromatic heterocycles. The minimum Gasteiger partial charge on any atom is -0.399 e. The largest absolute Gasteiger partial charge is 0.399 e. The predicted molar refractivity (Wildman–Crippen MR) is 109 cm³/mol. The summed E-state index contributed by atoms with van der Waals surface area (Å²) in [4.78, 5) is -0.00567. The Morgan fingerprint density at radius 1 is 0.778 bits per heavy atom. The summed E-state index contributed by atoms with van der Waals surface area (Å²) in [5.74, 6) is 0. The molecule has 0 bridgehead atoms. The number of nitrogen functional groups attached to an aromatic ring is 2. The molecule has 0 amide bonds. The van der Waals surface area contributed by atoms with E-state index in [9.17, 15) is 8.42 Å². The van der Waals surface area contributed by atoms with Crippen LogP contribution in [0.4, 0.5) is 22.7 Å². The fraction of sp³-hybridized carbons (Fsp3) is 0. The van der Waals surface area contributed by atoms with E-state index in [-0.39, 0.29) is 10.6 Å². The van der Waals surface area contributed by atoms with E-state index in [0.29, 0.717) is 17.1 Å². The Bertz CT molecular complexity index is 1090. The highest BCUT2D eigenvalue weighted by Gasteiger charge is 2.16. The molecule has 4 N–H and O–H groups in total. The summed E-state index contributed by atoms with van der Waals surface area (Å²) in [6.45, 7) is 0. The summed E-state index contributed by atoms with van der Waals surface area (Å²) >= 11 is 0. The first-order valence-electron chi connectivity index (χ1n) is 8.09. The van der Waals surface area contributed by atoms with E-state index in [2.05, 4.69) is 10.2 Å². The highest BCUT2D eigenvalue weighted by molar-refractivity contribution is 7.94. The van der Waals surface area contributed by atoms with Crippen LogP contribution >= 0.6 is 0 Å². The monoisotopic (exact) mass is 378 g/mol. The van der Waals surface area contributed by atoms with Crippen molar-refractivity contribution in [2.45, 2.75) is 4.90 Å². The summed E-state index contributed by atoms with van der Waals surface area (Å²) in [5.41, 5.74) is 13.9. The molecule has 3 rings (SSSR count). The van der Waals surface area contributed by atoms with Gasteiger partial charge in [0.2, 0.25) is 9.84 Å². The predicted octanol–water partition coefficient (Wildman–Crippen LogP) is 4.71. The molecule has 0 saturated carbocycles. The average Bonchev–Trinajstić information content (AvgIpc) is 2.67. The second-order valence-electron chi connectivity index (χ2n) is 5.78. The Kier molecular flexibility index (Phi) is 5.33. The quantitative estimate of drug-likeness (QED) is 0.494. The van der Waals surface area contributed by atoms with Crippen LogP contribution in [-0.2, 0) is 9.84 Å². The first-order chi connectivity index (χ1) is 12.9. The van der Waals surface area contributed by atoms with Crippen LogP contribution in [0, 0.1) is 0 Å². The summed E-state index contributed by atoms with van der Waals surface area (Å²) in [5, 5.41) is 9.30. The van der Waals surface area contributed by atoms with Crippen molar-refractivity contribution >= 4 is 38.7 Å². The zero-order valence-electron chi connectivity index (χ0n) is 14.4. The number of anilines is 2. The minimum absolute atomic E-state index is 0.00567. The molecule has 0 atom stereocenters. The van der Waals surface area contributed by atoms with Gasteiger partial charge in [0.25, 0.3) is 0 Å². The zero-order chi connectivity index (χ0) is 19.3. The van der Waals surface area contributed by atoms with Crippen molar-refractivity contribution in [3.05, 3.63) is 83.8 Å². The van der Waals surface area contributed by atoms with Crippen molar-refractivity contribution < 1.29 is 8.42 Å². The highest BCUT2D eigenvalue weighted by atomic mass is 32.2. The Morgan fingerprint density at radius 3 is 2.15 bits per heavy atom. The van der Waals surface area contributed by atoms with Gasteiger partial charge in [0.15, 0.2) is 0 Å². The van der Waals surface area contributed by atoms with E-state index in [4.69, 9.17) is 11.5 Å². The fourth-order valence-corrected chi connectivity index (χ4v) is 3.48. The van der Waals surface area contributed by atoms with Crippen molar-refractivity contribution in [3.8, 4) is 0 Å². The molecule has 7 heteroatoms. The van der Waals surface area contributed by atoms with Crippen LogP contribution in [0.1, 0.15) is 5.56 Å². The summed E-state index contributed by atoms with van der Waals surface area (Å²) in [6, 6.07) is 20.4. The molecule has 0 spiro atoms. The lowest BCUT2D eigenvalue weighted by Crippen LogP contribution is -1.98. The number of benzene rings is 3. The normalized spacial score (nSPS) is 12.0. The molecule has 0 fully saturated rings. The SMILES string of the molecule is Nc1ccc(N=Nc2ccc(N)cc2S(=O)(=O)C=Cc2ccccc2)cc1. The van der Waals surface area contributed by atoms with Gasteiger partial charge < -0.3 is 11.5 Å². The van der Waals surface area contributed by atoms with Crippen molar-refractivity contribution in [2.75, 3.05) is 11.5 Å².